The lowest BCUT2D eigenvalue weighted by molar-refractivity contribution is 0.160. The molecule has 1 aromatic carbocycles. The second-order valence-electron chi connectivity index (χ2n) is 7.55. The van der Waals surface area contributed by atoms with Gasteiger partial charge in [0.25, 0.3) is 0 Å². The Morgan fingerprint density at radius 1 is 1.18 bits per heavy atom. The Hall–Kier alpha value is -2.47. The Labute approximate surface area is 165 Å². The van der Waals surface area contributed by atoms with E-state index in [9.17, 15) is 4.39 Å². The van der Waals surface area contributed by atoms with E-state index in [2.05, 4.69) is 35.2 Å². The summed E-state index contributed by atoms with van der Waals surface area (Å²) in [4.78, 5) is 2.49. The van der Waals surface area contributed by atoms with Crippen molar-refractivity contribution in [3.63, 3.8) is 0 Å². The van der Waals surface area contributed by atoms with E-state index in [1.165, 1.54) is 37.0 Å². The minimum Gasteiger partial charge on any atom is -0.359 e. The molecule has 2 aromatic heterocycles. The van der Waals surface area contributed by atoms with Crippen molar-refractivity contribution in [2.24, 2.45) is 0 Å². The molecule has 0 aliphatic carbocycles. The average molecular weight is 382 g/mol. The van der Waals surface area contributed by atoms with Gasteiger partial charge in [-0.3, -0.25) is 9.58 Å². The minimum absolute atomic E-state index is 0.202. The molecule has 3 heterocycles. The van der Waals surface area contributed by atoms with Gasteiger partial charge in [-0.05, 0) is 57.5 Å². The Bertz CT molecular complexity index is 915. The second kappa shape index (κ2) is 8.27. The highest BCUT2D eigenvalue weighted by Gasteiger charge is 2.27. The number of aryl methyl sites for hydroxylation is 2. The molecule has 0 N–H and O–H groups in total. The first-order chi connectivity index (χ1) is 13.6. The third-order valence-corrected chi connectivity index (χ3v) is 5.61. The third-order valence-electron chi connectivity index (χ3n) is 5.61. The van der Waals surface area contributed by atoms with Crippen LogP contribution < -0.4 is 0 Å². The molecule has 0 unspecified atom stereocenters. The topological polar surface area (TPSA) is 47.1 Å². The van der Waals surface area contributed by atoms with Gasteiger partial charge >= 0.3 is 0 Å². The van der Waals surface area contributed by atoms with Crippen molar-refractivity contribution in [1.82, 2.24) is 19.8 Å². The molecule has 28 heavy (non-hydrogen) atoms. The van der Waals surface area contributed by atoms with Crippen molar-refractivity contribution >= 4 is 0 Å². The summed E-state index contributed by atoms with van der Waals surface area (Å²) in [5.41, 5.74) is 3.99. The maximum absolute atomic E-state index is 13.2. The molecule has 3 aromatic rings. The number of halogens is 1. The van der Waals surface area contributed by atoms with Crippen LogP contribution in [0, 0.1) is 12.7 Å². The van der Waals surface area contributed by atoms with Crippen LogP contribution in [0.25, 0.3) is 11.3 Å². The van der Waals surface area contributed by atoms with Crippen LogP contribution in [0.1, 0.15) is 55.7 Å². The normalized spacial score (nSPS) is 18.3. The molecule has 0 radical (unpaired) electrons. The van der Waals surface area contributed by atoms with Crippen LogP contribution in [0.4, 0.5) is 4.39 Å². The van der Waals surface area contributed by atoms with Gasteiger partial charge in [0.2, 0.25) is 0 Å². The molecule has 6 heteroatoms. The first kappa shape index (κ1) is 18.9. The van der Waals surface area contributed by atoms with Gasteiger partial charge in [0.15, 0.2) is 5.76 Å². The zero-order valence-corrected chi connectivity index (χ0v) is 16.6. The van der Waals surface area contributed by atoms with Crippen molar-refractivity contribution in [3.05, 3.63) is 59.4 Å². The van der Waals surface area contributed by atoms with E-state index in [4.69, 9.17) is 4.52 Å². The number of nitrogens with zero attached hydrogens (tertiary/aromatic N) is 4. The van der Waals surface area contributed by atoms with Gasteiger partial charge < -0.3 is 4.52 Å². The van der Waals surface area contributed by atoms with Crippen LogP contribution in [-0.2, 0) is 13.1 Å². The van der Waals surface area contributed by atoms with E-state index in [1.54, 1.807) is 12.1 Å². The highest BCUT2D eigenvalue weighted by Crippen LogP contribution is 2.33. The maximum atomic E-state index is 13.2. The number of aromatic nitrogens is 3. The molecule has 0 saturated carbocycles. The Morgan fingerprint density at radius 2 is 2.00 bits per heavy atom. The zero-order chi connectivity index (χ0) is 19.5. The Morgan fingerprint density at radius 3 is 2.75 bits per heavy atom. The molecule has 1 aliphatic rings. The highest BCUT2D eigenvalue weighted by atomic mass is 19.1. The fraction of sp³-hybridized carbons (Fsp3) is 0.455. The fourth-order valence-electron chi connectivity index (χ4n) is 3.98. The maximum Gasteiger partial charge on any atom is 0.154 e. The predicted octanol–water partition coefficient (Wildman–Crippen LogP) is 5.12. The van der Waals surface area contributed by atoms with Crippen LogP contribution in [0.5, 0.6) is 0 Å². The zero-order valence-electron chi connectivity index (χ0n) is 16.6. The van der Waals surface area contributed by atoms with Crippen LogP contribution in [0.3, 0.4) is 0 Å². The van der Waals surface area contributed by atoms with Gasteiger partial charge in [-0.15, -0.1) is 0 Å². The lowest BCUT2D eigenvalue weighted by Gasteiger charge is -2.27. The summed E-state index contributed by atoms with van der Waals surface area (Å²) in [7, 11) is 0. The summed E-state index contributed by atoms with van der Waals surface area (Å²) in [6.45, 7) is 6.97. The molecular weight excluding hydrogens is 355 g/mol. The monoisotopic (exact) mass is 382 g/mol. The van der Waals surface area contributed by atoms with Gasteiger partial charge in [-0.25, -0.2) is 4.39 Å². The second-order valence-corrected chi connectivity index (χ2v) is 7.55. The number of hydrogen-bond acceptors (Lipinski definition) is 4. The molecule has 1 atom stereocenters. The van der Waals surface area contributed by atoms with Crippen LogP contribution in [-0.4, -0.2) is 26.4 Å². The molecule has 1 aliphatic heterocycles. The standard InChI is InChI=1S/C22H27FN4O/c1-3-27-15-18(16(2)24-27)14-26-12-6-4-5-7-21(26)22-13-20(25-28-22)17-8-10-19(23)11-9-17/h8-11,13,15,21H,3-7,12,14H2,1-2H3/t21-/m1/s1. The van der Waals surface area contributed by atoms with E-state index in [1.807, 2.05) is 10.7 Å². The van der Waals surface area contributed by atoms with Crippen LogP contribution in [0.2, 0.25) is 0 Å². The van der Waals surface area contributed by atoms with Crippen molar-refractivity contribution in [3.8, 4) is 11.3 Å². The lowest BCUT2D eigenvalue weighted by atomic mass is 10.0. The van der Waals surface area contributed by atoms with E-state index in [-0.39, 0.29) is 11.9 Å². The van der Waals surface area contributed by atoms with Gasteiger partial charge in [0.05, 0.1) is 11.7 Å². The SMILES string of the molecule is CCn1cc(CN2CCCCC[C@@H]2c2cc(-c3ccc(F)cc3)no2)c(C)n1. The van der Waals surface area contributed by atoms with E-state index in [0.29, 0.717) is 0 Å². The lowest BCUT2D eigenvalue weighted by Crippen LogP contribution is -2.28. The summed E-state index contributed by atoms with van der Waals surface area (Å²) in [5.74, 6) is 0.646. The summed E-state index contributed by atoms with van der Waals surface area (Å²) in [5, 5.41) is 8.85. The quantitative estimate of drug-likeness (QED) is 0.614. The largest absolute Gasteiger partial charge is 0.359 e. The molecule has 0 amide bonds. The van der Waals surface area contributed by atoms with Crippen molar-refractivity contribution in [1.29, 1.82) is 0 Å². The molecule has 148 valence electrons. The predicted molar refractivity (Wildman–Crippen MR) is 106 cm³/mol. The number of hydrogen-bond donors (Lipinski definition) is 0. The van der Waals surface area contributed by atoms with E-state index >= 15 is 0 Å². The summed E-state index contributed by atoms with van der Waals surface area (Å²) < 4.78 is 21.0. The first-order valence-electron chi connectivity index (χ1n) is 10.1. The smallest absolute Gasteiger partial charge is 0.154 e. The molecule has 5 nitrogen and oxygen atoms in total. The summed E-state index contributed by atoms with van der Waals surface area (Å²) in [6, 6.07) is 8.60. The van der Waals surface area contributed by atoms with Gasteiger partial charge in [-0.1, -0.05) is 18.0 Å². The molecule has 0 spiro atoms. The average Bonchev–Trinajstić information content (AvgIpc) is 3.24. The fourth-order valence-corrected chi connectivity index (χ4v) is 3.98. The Kier molecular flexibility index (Phi) is 5.57. The van der Waals surface area contributed by atoms with Gasteiger partial charge in [0.1, 0.15) is 11.5 Å². The van der Waals surface area contributed by atoms with Crippen molar-refractivity contribution < 1.29 is 8.91 Å². The summed E-state index contributed by atoms with van der Waals surface area (Å²) in [6.07, 6.45) is 6.82. The number of rotatable bonds is 5. The van der Waals surface area contributed by atoms with Crippen molar-refractivity contribution in [2.75, 3.05) is 6.54 Å². The molecular formula is C22H27FN4O. The number of likely N-dealkylation sites (tertiary alicyclic amines) is 1. The van der Waals surface area contributed by atoms with Crippen molar-refractivity contribution in [2.45, 2.75) is 58.7 Å². The molecule has 1 saturated heterocycles. The highest BCUT2D eigenvalue weighted by molar-refractivity contribution is 5.58. The number of benzene rings is 1. The van der Waals surface area contributed by atoms with Gasteiger partial charge in [-0.2, -0.15) is 5.10 Å². The first-order valence-corrected chi connectivity index (χ1v) is 10.1. The van der Waals surface area contributed by atoms with E-state index < -0.39 is 0 Å². The third kappa shape index (κ3) is 4.02. The minimum atomic E-state index is -0.245. The molecule has 4 rings (SSSR count). The summed E-state index contributed by atoms with van der Waals surface area (Å²) >= 11 is 0. The molecule has 0 bridgehead atoms. The Balaban J connectivity index is 1.58. The van der Waals surface area contributed by atoms with Gasteiger partial charge in [0, 0.05) is 36.5 Å². The van der Waals surface area contributed by atoms with Crippen LogP contribution >= 0.6 is 0 Å². The molecule has 1 fully saturated rings. The van der Waals surface area contributed by atoms with E-state index in [0.717, 1.165) is 48.8 Å². The van der Waals surface area contributed by atoms with Crippen LogP contribution in [0.15, 0.2) is 41.1 Å².